The van der Waals surface area contributed by atoms with Crippen LogP contribution in [0.3, 0.4) is 0 Å². The number of nitrogens with one attached hydrogen (secondary N) is 1. The fraction of sp³-hybridized carbons (Fsp3) is 0.294. The molecule has 0 atom stereocenters. The number of thiophene rings is 1. The monoisotopic (exact) mass is 350 g/mol. The molecule has 2 rings (SSSR count). The van der Waals surface area contributed by atoms with E-state index in [1.54, 1.807) is 24.8 Å². The predicted molar refractivity (Wildman–Crippen MR) is 94.5 cm³/mol. The standard InChI is InChI=1S/C17H19ClN2O2S/c1-5-8-20(9-13-6-7-14(18)23-13)17(22)16-10(2)15(12(4)21)11(3)19-16/h5-7,19H,1,8-9H2,2-4H3. The summed E-state index contributed by atoms with van der Waals surface area (Å²) in [6, 6.07) is 3.72. The van der Waals surface area contributed by atoms with Crippen LogP contribution < -0.4 is 0 Å². The average Bonchev–Trinajstić information content (AvgIpc) is 3.01. The van der Waals surface area contributed by atoms with Crippen molar-refractivity contribution in [2.75, 3.05) is 6.54 Å². The molecule has 0 aliphatic carbocycles. The van der Waals surface area contributed by atoms with Gasteiger partial charge in [0.25, 0.3) is 5.91 Å². The third-order valence-electron chi connectivity index (χ3n) is 3.62. The Kier molecular flexibility index (Phi) is 5.44. The molecule has 0 bridgehead atoms. The Labute approximate surface area is 144 Å². The highest BCUT2D eigenvalue weighted by Gasteiger charge is 2.23. The van der Waals surface area contributed by atoms with Crippen LogP contribution in [0.25, 0.3) is 0 Å². The van der Waals surface area contributed by atoms with Gasteiger partial charge in [-0.3, -0.25) is 9.59 Å². The van der Waals surface area contributed by atoms with Crippen molar-refractivity contribution in [2.24, 2.45) is 0 Å². The zero-order chi connectivity index (χ0) is 17.1. The van der Waals surface area contributed by atoms with Crippen molar-refractivity contribution in [1.29, 1.82) is 0 Å². The first-order chi connectivity index (χ1) is 10.8. The number of rotatable bonds is 6. The Morgan fingerprint density at radius 3 is 2.57 bits per heavy atom. The fourth-order valence-corrected chi connectivity index (χ4v) is 3.75. The maximum absolute atomic E-state index is 12.9. The fourth-order valence-electron chi connectivity index (χ4n) is 2.65. The lowest BCUT2D eigenvalue weighted by molar-refractivity contribution is 0.0758. The van der Waals surface area contributed by atoms with Crippen molar-refractivity contribution in [1.82, 2.24) is 9.88 Å². The van der Waals surface area contributed by atoms with Crippen molar-refractivity contribution < 1.29 is 9.59 Å². The number of ketones is 1. The molecule has 4 nitrogen and oxygen atoms in total. The lowest BCUT2D eigenvalue weighted by Crippen LogP contribution is -2.31. The third kappa shape index (κ3) is 3.74. The van der Waals surface area contributed by atoms with E-state index < -0.39 is 0 Å². The molecule has 0 saturated carbocycles. The van der Waals surface area contributed by atoms with Gasteiger partial charge in [-0.1, -0.05) is 17.7 Å². The Balaban J connectivity index is 2.32. The van der Waals surface area contributed by atoms with Crippen LogP contribution in [-0.2, 0) is 6.54 Å². The Bertz CT molecular complexity index is 761. The lowest BCUT2D eigenvalue weighted by atomic mass is 10.1. The number of aromatic nitrogens is 1. The molecule has 0 aromatic carbocycles. The molecule has 0 saturated heterocycles. The molecule has 0 spiro atoms. The Morgan fingerprint density at radius 1 is 1.39 bits per heavy atom. The highest BCUT2D eigenvalue weighted by Crippen LogP contribution is 2.25. The minimum absolute atomic E-state index is 0.0457. The van der Waals surface area contributed by atoms with Crippen LogP contribution in [0.4, 0.5) is 0 Å². The van der Waals surface area contributed by atoms with Crippen LogP contribution in [0, 0.1) is 13.8 Å². The minimum Gasteiger partial charge on any atom is -0.354 e. The summed E-state index contributed by atoms with van der Waals surface area (Å²) >= 11 is 7.40. The van der Waals surface area contributed by atoms with E-state index in [1.165, 1.54) is 18.3 Å². The number of halogens is 1. The molecule has 0 radical (unpaired) electrons. The largest absolute Gasteiger partial charge is 0.354 e. The summed E-state index contributed by atoms with van der Waals surface area (Å²) in [4.78, 5) is 30.3. The van der Waals surface area contributed by atoms with Gasteiger partial charge < -0.3 is 9.88 Å². The average molecular weight is 351 g/mol. The molecule has 2 heterocycles. The number of aromatic amines is 1. The molecule has 2 aromatic rings. The number of hydrogen-bond donors (Lipinski definition) is 1. The van der Waals surface area contributed by atoms with Gasteiger partial charge in [-0.2, -0.15) is 0 Å². The van der Waals surface area contributed by atoms with Crippen molar-refractivity contribution in [3.63, 3.8) is 0 Å². The molecular weight excluding hydrogens is 332 g/mol. The number of carbonyl (C=O) groups is 2. The van der Waals surface area contributed by atoms with E-state index in [0.29, 0.717) is 34.2 Å². The quantitative estimate of drug-likeness (QED) is 0.621. The van der Waals surface area contributed by atoms with Crippen LogP contribution in [0.5, 0.6) is 0 Å². The number of H-pyrrole nitrogens is 1. The second-order valence-corrected chi connectivity index (χ2v) is 7.16. The van der Waals surface area contributed by atoms with Crippen LogP contribution in [0.1, 0.15) is 43.9 Å². The van der Waals surface area contributed by atoms with E-state index in [1.807, 2.05) is 12.1 Å². The van der Waals surface area contributed by atoms with E-state index >= 15 is 0 Å². The summed E-state index contributed by atoms with van der Waals surface area (Å²) in [5.74, 6) is -0.196. The van der Waals surface area contributed by atoms with Gasteiger partial charge in [-0.15, -0.1) is 17.9 Å². The molecule has 0 aliphatic heterocycles. The smallest absolute Gasteiger partial charge is 0.271 e. The molecule has 23 heavy (non-hydrogen) atoms. The van der Waals surface area contributed by atoms with Crippen LogP contribution >= 0.6 is 22.9 Å². The summed E-state index contributed by atoms with van der Waals surface area (Å²) in [5.41, 5.74) is 2.46. The van der Waals surface area contributed by atoms with Crippen molar-refractivity contribution in [3.05, 3.63) is 56.5 Å². The SMILES string of the molecule is C=CCN(Cc1ccc(Cl)s1)C(=O)c1[nH]c(C)c(C(C)=O)c1C. The van der Waals surface area contributed by atoms with Gasteiger partial charge in [0.1, 0.15) is 5.69 Å². The number of nitrogens with zero attached hydrogens (tertiary/aromatic N) is 1. The summed E-state index contributed by atoms with van der Waals surface area (Å²) in [6.45, 7) is 9.69. The molecule has 122 valence electrons. The number of Topliss-reactive ketones (excluding diaryl/α,β-unsaturated/α-hetero) is 1. The summed E-state index contributed by atoms with van der Waals surface area (Å²) < 4.78 is 0.691. The van der Waals surface area contributed by atoms with Gasteiger partial charge in [0.15, 0.2) is 5.78 Å². The second kappa shape index (κ2) is 7.15. The molecule has 6 heteroatoms. The van der Waals surface area contributed by atoms with Crippen molar-refractivity contribution in [2.45, 2.75) is 27.3 Å². The first-order valence-electron chi connectivity index (χ1n) is 7.19. The molecular formula is C17H19ClN2O2S. The molecule has 0 unspecified atom stereocenters. The number of hydrogen-bond acceptors (Lipinski definition) is 3. The number of aryl methyl sites for hydroxylation is 1. The van der Waals surface area contributed by atoms with E-state index in [0.717, 1.165) is 10.6 Å². The van der Waals surface area contributed by atoms with Gasteiger partial charge >= 0.3 is 0 Å². The number of carbonyl (C=O) groups excluding carboxylic acids is 2. The molecule has 1 N–H and O–H groups in total. The van der Waals surface area contributed by atoms with Crippen molar-refractivity contribution in [3.8, 4) is 0 Å². The van der Waals surface area contributed by atoms with E-state index in [4.69, 9.17) is 11.6 Å². The van der Waals surface area contributed by atoms with Crippen LogP contribution in [0.2, 0.25) is 4.34 Å². The number of amides is 1. The predicted octanol–water partition coefficient (Wildman–Crippen LogP) is 4.38. The van der Waals surface area contributed by atoms with Gasteiger partial charge in [-0.05, 0) is 38.5 Å². The van der Waals surface area contributed by atoms with Gasteiger partial charge in [0.2, 0.25) is 0 Å². The van der Waals surface area contributed by atoms with Crippen LogP contribution in [0.15, 0.2) is 24.8 Å². The van der Waals surface area contributed by atoms with E-state index in [-0.39, 0.29) is 11.7 Å². The molecule has 1 amide bonds. The minimum atomic E-state index is -0.150. The van der Waals surface area contributed by atoms with Gasteiger partial charge in [-0.25, -0.2) is 0 Å². The highest BCUT2D eigenvalue weighted by atomic mass is 35.5. The molecule has 0 fully saturated rings. The molecule has 0 aliphatic rings. The zero-order valence-corrected chi connectivity index (χ0v) is 15.0. The van der Waals surface area contributed by atoms with Crippen molar-refractivity contribution >= 4 is 34.6 Å². The summed E-state index contributed by atoms with van der Waals surface area (Å²) in [5, 5.41) is 0. The van der Waals surface area contributed by atoms with Crippen LogP contribution in [-0.4, -0.2) is 28.1 Å². The highest BCUT2D eigenvalue weighted by molar-refractivity contribution is 7.16. The molecule has 2 aromatic heterocycles. The van der Waals surface area contributed by atoms with E-state index in [2.05, 4.69) is 11.6 Å². The summed E-state index contributed by atoms with van der Waals surface area (Å²) in [6.07, 6.45) is 1.68. The maximum Gasteiger partial charge on any atom is 0.271 e. The van der Waals surface area contributed by atoms with Gasteiger partial charge in [0, 0.05) is 22.7 Å². The lowest BCUT2D eigenvalue weighted by Gasteiger charge is -2.20. The second-order valence-electron chi connectivity index (χ2n) is 5.36. The van der Waals surface area contributed by atoms with E-state index in [9.17, 15) is 9.59 Å². The zero-order valence-electron chi connectivity index (χ0n) is 13.4. The topological polar surface area (TPSA) is 53.2 Å². The normalized spacial score (nSPS) is 10.6. The third-order valence-corrected chi connectivity index (χ3v) is 4.83. The van der Waals surface area contributed by atoms with Gasteiger partial charge in [0.05, 0.1) is 10.9 Å². The first-order valence-corrected chi connectivity index (χ1v) is 8.39. The maximum atomic E-state index is 12.9. The first kappa shape index (κ1) is 17.5. The summed E-state index contributed by atoms with van der Waals surface area (Å²) in [7, 11) is 0. The Morgan fingerprint density at radius 2 is 2.09 bits per heavy atom. The Hall–Kier alpha value is -1.85.